The lowest BCUT2D eigenvalue weighted by Gasteiger charge is -2.16. The first-order valence-electron chi connectivity index (χ1n) is 9.72. The molecule has 0 radical (unpaired) electrons. The quantitative estimate of drug-likeness (QED) is 0.712. The summed E-state index contributed by atoms with van der Waals surface area (Å²) in [6.45, 7) is 5.16. The zero-order chi connectivity index (χ0) is 19.7. The fourth-order valence-corrected chi connectivity index (χ4v) is 3.87. The number of aromatic nitrogens is 1. The van der Waals surface area contributed by atoms with Crippen LogP contribution in [0.3, 0.4) is 0 Å². The SMILES string of the molecule is Cc1ccc2[nH]cc(CCN3CC(C(=O)Nc4ccccc4C)CC3=O)c2c1. The number of likely N-dealkylation sites (tertiary alicyclic amines) is 1. The number of H-pyrrole nitrogens is 1. The Labute approximate surface area is 164 Å². The maximum atomic E-state index is 12.6. The third-order valence-electron chi connectivity index (χ3n) is 5.56. The van der Waals surface area contributed by atoms with Gasteiger partial charge in [0.25, 0.3) is 0 Å². The van der Waals surface area contributed by atoms with Crippen molar-refractivity contribution in [2.45, 2.75) is 26.7 Å². The molecule has 1 saturated heterocycles. The predicted molar refractivity (Wildman–Crippen MR) is 111 cm³/mol. The van der Waals surface area contributed by atoms with Crippen LogP contribution in [0, 0.1) is 19.8 Å². The number of amides is 2. The van der Waals surface area contributed by atoms with Crippen molar-refractivity contribution < 1.29 is 9.59 Å². The number of carbonyl (C=O) groups is 2. The standard InChI is InChI=1S/C23H25N3O2/c1-15-7-8-21-19(11-15)17(13-24-21)9-10-26-14-18(12-22(26)27)23(28)25-20-6-4-3-5-16(20)2/h3-8,11,13,18,24H,9-10,12,14H2,1-2H3,(H,25,28). The number of carbonyl (C=O) groups excluding carboxylic acids is 2. The van der Waals surface area contributed by atoms with Gasteiger partial charge in [0.15, 0.2) is 0 Å². The number of hydrogen-bond acceptors (Lipinski definition) is 2. The summed E-state index contributed by atoms with van der Waals surface area (Å²) in [5.41, 5.74) is 5.38. The van der Waals surface area contributed by atoms with Crippen molar-refractivity contribution in [2.24, 2.45) is 5.92 Å². The summed E-state index contributed by atoms with van der Waals surface area (Å²) in [7, 11) is 0. The molecule has 2 amide bonds. The molecule has 5 heteroatoms. The molecule has 2 heterocycles. The van der Waals surface area contributed by atoms with Gasteiger partial charge in [-0.2, -0.15) is 0 Å². The van der Waals surface area contributed by atoms with Crippen molar-refractivity contribution in [1.29, 1.82) is 0 Å². The number of fused-ring (bicyclic) bond motifs is 1. The average Bonchev–Trinajstić information content (AvgIpc) is 3.25. The van der Waals surface area contributed by atoms with Crippen molar-refractivity contribution in [3.05, 3.63) is 65.4 Å². The van der Waals surface area contributed by atoms with Crippen LogP contribution in [0.25, 0.3) is 10.9 Å². The van der Waals surface area contributed by atoms with Crippen LogP contribution in [0.15, 0.2) is 48.7 Å². The summed E-state index contributed by atoms with van der Waals surface area (Å²) < 4.78 is 0. The predicted octanol–water partition coefficient (Wildman–Crippen LogP) is 3.81. The second-order valence-corrected chi connectivity index (χ2v) is 7.66. The number of aryl methyl sites for hydroxylation is 2. The minimum atomic E-state index is -0.294. The highest BCUT2D eigenvalue weighted by Gasteiger charge is 2.34. The smallest absolute Gasteiger partial charge is 0.229 e. The number of aromatic amines is 1. The Hall–Kier alpha value is -3.08. The van der Waals surface area contributed by atoms with Gasteiger partial charge in [0.1, 0.15) is 0 Å². The Morgan fingerprint density at radius 2 is 2.04 bits per heavy atom. The summed E-state index contributed by atoms with van der Waals surface area (Å²) in [5, 5.41) is 4.18. The van der Waals surface area contributed by atoms with Crippen LogP contribution in [-0.2, 0) is 16.0 Å². The number of anilines is 1. The van der Waals surface area contributed by atoms with Crippen LogP contribution < -0.4 is 5.32 Å². The Kier molecular flexibility index (Phi) is 4.90. The van der Waals surface area contributed by atoms with E-state index in [1.54, 1.807) is 0 Å². The highest BCUT2D eigenvalue weighted by molar-refractivity contribution is 5.97. The fraction of sp³-hybridized carbons (Fsp3) is 0.304. The Bertz CT molecular complexity index is 1040. The summed E-state index contributed by atoms with van der Waals surface area (Å²) in [6, 6.07) is 14.0. The van der Waals surface area contributed by atoms with E-state index in [2.05, 4.69) is 35.4 Å². The van der Waals surface area contributed by atoms with Crippen LogP contribution in [-0.4, -0.2) is 34.8 Å². The van der Waals surface area contributed by atoms with E-state index in [0.717, 1.165) is 23.2 Å². The molecular formula is C23H25N3O2. The van der Waals surface area contributed by atoms with Crippen LogP contribution in [0.5, 0.6) is 0 Å². The van der Waals surface area contributed by atoms with Crippen molar-refractivity contribution in [3.63, 3.8) is 0 Å². The van der Waals surface area contributed by atoms with Gasteiger partial charge < -0.3 is 15.2 Å². The molecule has 144 valence electrons. The lowest BCUT2D eigenvalue weighted by Crippen LogP contribution is -2.30. The molecule has 1 aliphatic heterocycles. The van der Waals surface area contributed by atoms with Gasteiger partial charge in [0.2, 0.25) is 11.8 Å². The van der Waals surface area contributed by atoms with Gasteiger partial charge in [0, 0.05) is 42.3 Å². The average molecular weight is 375 g/mol. The van der Waals surface area contributed by atoms with Gasteiger partial charge in [-0.25, -0.2) is 0 Å². The van der Waals surface area contributed by atoms with E-state index in [1.165, 1.54) is 16.5 Å². The van der Waals surface area contributed by atoms with E-state index in [9.17, 15) is 9.59 Å². The topological polar surface area (TPSA) is 65.2 Å². The molecule has 3 aromatic rings. The molecule has 1 fully saturated rings. The fourth-order valence-electron chi connectivity index (χ4n) is 3.87. The van der Waals surface area contributed by atoms with Crippen molar-refractivity contribution in [1.82, 2.24) is 9.88 Å². The number of nitrogens with one attached hydrogen (secondary N) is 2. The molecular weight excluding hydrogens is 350 g/mol. The van der Waals surface area contributed by atoms with Crippen LogP contribution in [0.4, 0.5) is 5.69 Å². The minimum absolute atomic E-state index is 0.0564. The number of rotatable bonds is 5. The number of hydrogen-bond donors (Lipinski definition) is 2. The maximum absolute atomic E-state index is 12.6. The Morgan fingerprint density at radius 3 is 2.86 bits per heavy atom. The zero-order valence-corrected chi connectivity index (χ0v) is 16.3. The molecule has 5 nitrogen and oxygen atoms in total. The summed E-state index contributed by atoms with van der Waals surface area (Å²) in [5.74, 6) is -0.314. The van der Waals surface area contributed by atoms with Gasteiger partial charge in [-0.3, -0.25) is 9.59 Å². The maximum Gasteiger partial charge on any atom is 0.229 e. The van der Waals surface area contributed by atoms with Gasteiger partial charge >= 0.3 is 0 Å². The van der Waals surface area contributed by atoms with E-state index in [-0.39, 0.29) is 24.2 Å². The third-order valence-corrected chi connectivity index (χ3v) is 5.56. The van der Waals surface area contributed by atoms with Crippen LogP contribution >= 0.6 is 0 Å². The molecule has 2 aromatic carbocycles. The highest BCUT2D eigenvalue weighted by Crippen LogP contribution is 2.24. The second kappa shape index (κ2) is 7.50. The summed E-state index contributed by atoms with van der Waals surface area (Å²) >= 11 is 0. The molecule has 1 unspecified atom stereocenters. The first-order valence-corrected chi connectivity index (χ1v) is 9.72. The second-order valence-electron chi connectivity index (χ2n) is 7.66. The molecule has 2 N–H and O–H groups in total. The lowest BCUT2D eigenvalue weighted by molar-refractivity contribution is -0.128. The monoisotopic (exact) mass is 375 g/mol. The zero-order valence-electron chi connectivity index (χ0n) is 16.3. The molecule has 1 aliphatic rings. The van der Waals surface area contributed by atoms with E-state index in [0.29, 0.717) is 13.1 Å². The van der Waals surface area contributed by atoms with Crippen molar-refractivity contribution in [3.8, 4) is 0 Å². The van der Waals surface area contributed by atoms with Gasteiger partial charge in [-0.05, 0) is 49.6 Å². The summed E-state index contributed by atoms with van der Waals surface area (Å²) in [4.78, 5) is 30.1. The number of para-hydroxylation sites is 1. The highest BCUT2D eigenvalue weighted by atomic mass is 16.2. The number of benzene rings is 2. The molecule has 28 heavy (non-hydrogen) atoms. The first-order chi connectivity index (χ1) is 13.5. The van der Waals surface area contributed by atoms with Gasteiger partial charge in [-0.1, -0.05) is 29.8 Å². The molecule has 0 bridgehead atoms. The van der Waals surface area contributed by atoms with Crippen LogP contribution in [0.2, 0.25) is 0 Å². The van der Waals surface area contributed by atoms with Crippen LogP contribution in [0.1, 0.15) is 23.1 Å². The molecule has 4 rings (SSSR count). The molecule has 1 atom stereocenters. The van der Waals surface area contributed by atoms with E-state index < -0.39 is 0 Å². The van der Waals surface area contributed by atoms with Gasteiger partial charge in [0.05, 0.1) is 5.92 Å². The first kappa shape index (κ1) is 18.3. The molecule has 0 saturated carbocycles. The number of nitrogens with zero attached hydrogens (tertiary/aromatic N) is 1. The molecule has 1 aromatic heterocycles. The van der Waals surface area contributed by atoms with Crippen molar-refractivity contribution >= 4 is 28.4 Å². The lowest BCUT2D eigenvalue weighted by atomic mass is 10.1. The van der Waals surface area contributed by atoms with Gasteiger partial charge in [-0.15, -0.1) is 0 Å². The van der Waals surface area contributed by atoms with E-state index >= 15 is 0 Å². The Balaban J connectivity index is 1.38. The summed E-state index contributed by atoms with van der Waals surface area (Å²) in [6.07, 6.45) is 3.08. The normalized spacial score (nSPS) is 16.7. The minimum Gasteiger partial charge on any atom is -0.361 e. The largest absolute Gasteiger partial charge is 0.361 e. The van der Waals surface area contributed by atoms with E-state index in [1.807, 2.05) is 42.3 Å². The molecule has 0 spiro atoms. The molecule has 0 aliphatic carbocycles. The van der Waals surface area contributed by atoms with E-state index in [4.69, 9.17) is 0 Å². The third kappa shape index (κ3) is 3.65. The Morgan fingerprint density at radius 1 is 1.21 bits per heavy atom. The van der Waals surface area contributed by atoms with Crippen molar-refractivity contribution in [2.75, 3.05) is 18.4 Å².